The molecule has 9 nitrogen and oxygen atoms in total. The quantitative estimate of drug-likeness (QED) is 0.638. The number of ether oxygens (including phenoxy) is 2. The van der Waals surface area contributed by atoms with Crippen molar-refractivity contribution in [2.75, 3.05) is 44.2 Å². The summed E-state index contributed by atoms with van der Waals surface area (Å²) in [5, 5.41) is -0.151. The Morgan fingerprint density at radius 1 is 1.06 bits per heavy atom. The van der Waals surface area contributed by atoms with Gasteiger partial charge in [-0.15, -0.1) is 0 Å². The maximum atomic E-state index is 12.5. The zero-order chi connectivity index (χ0) is 24.1. The number of carbonyl (C=O) groups excluding carboxylic acids is 1. The minimum absolute atomic E-state index is 0.105. The van der Waals surface area contributed by atoms with Gasteiger partial charge in [0.2, 0.25) is 10.0 Å². The number of aromatic nitrogens is 1. The van der Waals surface area contributed by atoms with Crippen molar-refractivity contribution in [1.82, 2.24) is 14.2 Å². The van der Waals surface area contributed by atoms with E-state index in [0.717, 1.165) is 49.2 Å². The predicted octanol–water partition coefficient (Wildman–Crippen LogP) is 2.65. The minimum Gasteiger partial charge on any atom is -0.488 e. The summed E-state index contributed by atoms with van der Waals surface area (Å²) in [5.74, 6) is 2.13. The maximum Gasteiger partial charge on any atom is 0.410 e. The van der Waals surface area contributed by atoms with Gasteiger partial charge in [-0.05, 0) is 58.4 Å². The molecular weight excluding hydrogens is 456 g/mol. The molecular formula is C24H36N4O5S. The molecule has 10 heteroatoms. The van der Waals surface area contributed by atoms with Crippen LogP contribution in [0.5, 0.6) is 5.75 Å². The number of rotatable bonds is 4. The molecule has 1 unspecified atom stereocenters. The van der Waals surface area contributed by atoms with Crippen LogP contribution in [-0.4, -0.2) is 84.9 Å². The molecule has 0 N–H and O–H groups in total. The van der Waals surface area contributed by atoms with Gasteiger partial charge in [0, 0.05) is 51.3 Å². The Morgan fingerprint density at radius 3 is 2.35 bits per heavy atom. The Balaban J connectivity index is 1.14. The average molecular weight is 493 g/mol. The smallest absolute Gasteiger partial charge is 0.410 e. The van der Waals surface area contributed by atoms with Gasteiger partial charge in [-0.1, -0.05) is 0 Å². The van der Waals surface area contributed by atoms with Crippen LogP contribution in [0.25, 0.3) is 0 Å². The molecule has 34 heavy (non-hydrogen) atoms. The van der Waals surface area contributed by atoms with Gasteiger partial charge in [0.1, 0.15) is 23.3 Å². The van der Waals surface area contributed by atoms with Gasteiger partial charge in [0.15, 0.2) is 0 Å². The van der Waals surface area contributed by atoms with Crippen LogP contribution >= 0.6 is 0 Å². The molecule has 1 saturated carbocycles. The average Bonchev–Trinajstić information content (AvgIpc) is 3.58. The van der Waals surface area contributed by atoms with E-state index in [4.69, 9.17) is 9.47 Å². The number of sulfonamides is 1. The topological polar surface area (TPSA) is 92.3 Å². The summed E-state index contributed by atoms with van der Waals surface area (Å²) in [4.78, 5) is 20.9. The van der Waals surface area contributed by atoms with Crippen molar-refractivity contribution < 1.29 is 22.7 Å². The van der Waals surface area contributed by atoms with Crippen LogP contribution in [0.15, 0.2) is 12.3 Å². The Bertz CT molecular complexity index is 1020. The van der Waals surface area contributed by atoms with Crippen molar-refractivity contribution in [1.29, 1.82) is 0 Å². The van der Waals surface area contributed by atoms with Gasteiger partial charge in [-0.25, -0.2) is 18.2 Å². The fourth-order valence-electron chi connectivity index (χ4n) is 5.12. The molecule has 4 heterocycles. The number of pyridine rings is 1. The predicted molar refractivity (Wildman–Crippen MR) is 129 cm³/mol. The molecule has 1 aromatic heterocycles. The summed E-state index contributed by atoms with van der Waals surface area (Å²) >= 11 is 0. The molecule has 1 atom stereocenters. The second-order valence-corrected chi connectivity index (χ2v) is 13.2. The standard InChI is InChI=1S/C24H36N4O5S/c1-24(2,3)33-23(29)27-8-6-17(7-9-27)20-14-18-15-22(25-16-21(18)32-20)26-10-12-28(13-11-26)34(30,31)19-4-5-19/h15-17,19-20H,4-14H2,1-3H3. The molecule has 188 valence electrons. The molecule has 4 aliphatic rings. The van der Waals surface area contributed by atoms with Crippen LogP contribution in [0.3, 0.4) is 0 Å². The first kappa shape index (κ1) is 23.7. The maximum absolute atomic E-state index is 12.5. The lowest BCUT2D eigenvalue weighted by molar-refractivity contribution is 0.0123. The number of fused-ring (bicyclic) bond motifs is 1. The van der Waals surface area contributed by atoms with Crippen molar-refractivity contribution in [3.63, 3.8) is 0 Å². The summed E-state index contributed by atoms with van der Waals surface area (Å²) in [7, 11) is -3.11. The van der Waals surface area contributed by atoms with E-state index in [1.54, 1.807) is 9.21 Å². The van der Waals surface area contributed by atoms with Crippen LogP contribution in [0.1, 0.15) is 52.0 Å². The molecule has 0 spiro atoms. The van der Waals surface area contributed by atoms with E-state index in [2.05, 4.69) is 16.0 Å². The van der Waals surface area contributed by atoms with Gasteiger partial charge in [-0.2, -0.15) is 4.31 Å². The number of anilines is 1. The molecule has 3 fully saturated rings. The first-order valence-corrected chi connectivity index (χ1v) is 14.0. The molecule has 1 amide bonds. The van der Waals surface area contributed by atoms with Crippen LogP contribution in [0.4, 0.5) is 10.6 Å². The zero-order valence-corrected chi connectivity index (χ0v) is 21.2. The van der Waals surface area contributed by atoms with E-state index in [1.807, 2.05) is 27.0 Å². The number of carbonyl (C=O) groups is 1. The Labute approximate surface area is 202 Å². The Morgan fingerprint density at radius 2 is 1.74 bits per heavy atom. The van der Waals surface area contributed by atoms with Crippen molar-refractivity contribution in [2.45, 2.75) is 69.8 Å². The van der Waals surface area contributed by atoms with Gasteiger partial charge in [0.25, 0.3) is 0 Å². The number of piperazine rings is 1. The normalized spacial score (nSPS) is 24.6. The largest absolute Gasteiger partial charge is 0.488 e. The van der Waals surface area contributed by atoms with Crippen molar-refractivity contribution in [2.24, 2.45) is 5.92 Å². The summed E-state index contributed by atoms with van der Waals surface area (Å²) in [6, 6.07) is 2.11. The molecule has 0 aromatic carbocycles. The zero-order valence-electron chi connectivity index (χ0n) is 20.4. The molecule has 2 saturated heterocycles. The Hall–Kier alpha value is -2.07. The number of likely N-dealkylation sites (tertiary alicyclic amines) is 1. The number of hydrogen-bond donors (Lipinski definition) is 0. The molecule has 3 aliphatic heterocycles. The minimum atomic E-state index is -3.11. The molecule has 1 aliphatic carbocycles. The highest BCUT2D eigenvalue weighted by molar-refractivity contribution is 7.90. The lowest BCUT2D eigenvalue weighted by atomic mass is 9.89. The Kier molecular flexibility index (Phi) is 6.16. The van der Waals surface area contributed by atoms with Crippen molar-refractivity contribution in [3.8, 4) is 5.75 Å². The van der Waals surface area contributed by atoms with E-state index < -0.39 is 15.6 Å². The summed E-state index contributed by atoms with van der Waals surface area (Å²) in [6.45, 7) is 9.40. The van der Waals surface area contributed by atoms with Crippen LogP contribution in [0.2, 0.25) is 0 Å². The fraction of sp³-hybridized carbons (Fsp3) is 0.750. The monoisotopic (exact) mass is 492 g/mol. The van der Waals surface area contributed by atoms with E-state index in [-0.39, 0.29) is 17.4 Å². The number of hydrogen-bond acceptors (Lipinski definition) is 7. The lowest BCUT2D eigenvalue weighted by Gasteiger charge is -2.35. The third kappa shape index (κ3) is 4.98. The highest BCUT2D eigenvalue weighted by atomic mass is 32.2. The first-order valence-electron chi connectivity index (χ1n) is 12.5. The number of piperidine rings is 1. The molecule has 0 bridgehead atoms. The fourth-order valence-corrected chi connectivity index (χ4v) is 6.95. The third-order valence-corrected chi connectivity index (χ3v) is 9.62. The van der Waals surface area contributed by atoms with Gasteiger partial charge < -0.3 is 19.3 Å². The summed E-state index contributed by atoms with van der Waals surface area (Å²) < 4.78 is 38.4. The second kappa shape index (κ2) is 8.86. The summed E-state index contributed by atoms with van der Waals surface area (Å²) in [5.41, 5.74) is 0.685. The van der Waals surface area contributed by atoms with E-state index in [0.29, 0.717) is 45.2 Å². The van der Waals surface area contributed by atoms with Crippen LogP contribution in [0, 0.1) is 5.92 Å². The van der Waals surface area contributed by atoms with Gasteiger partial charge >= 0.3 is 6.09 Å². The summed E-state index contributed by atoms with van der Waals surface area (Å²) in [6.07, 6.45) is 5.93. The lowest BCUT2D eigenvalue weighted by Crippen LogP contribution is -2.49. The number of nitrogens with zero attached hydrogens (tertiary/aromatic N) is 4. The number of amides is 1. The highest BCUT2D eigenvalue weighted by Gasteiger charge is 2.41. The van der Waals surface area contributed by atoms with Crippen molar-refractivity contribution >= 4 is 21.9 Å². The van der Waals surface area contributed by atoms with Crippen LogP contribution in [-0.2, 0) is 21.2 Å². The van der Waals surface area contributed by atoms with E-state index >= 15 is 0 Å². The van der Waals surface area contributed by atoms with E-state index in [9.17, 15) is 13.2 Å². The van der Waals surface area contributed by atoms with Gasteiger partial charge in [-0.3, -0.25) is 0 Å². The van der Waals surface area contributed by atoms with E-state index in [1.165, 1.54) is 0 Å². The molecule has 0 radical (unpaired) electrons. The van der Waals surface area contributed by atoms with Crippen molar-refractivity contribution in [3.05, 3.63) is 17.8 Å². The SMILES string of the molecule is CC(C)(C)OC(=O)N1CCC(C2Cc3cc(N4CCN(S(=O)(=O)C5CC5)CC4)ncc3O2)CC1. The third-order valence-electron chi connectivity index (χ3n) is 7.22. The first-order chi connectivity index (χ1) is 16.1. The molecule has 5 rings (SSSR count). The van der Waals surface area contributed by atoms with Gasteiger partial charge in [0.05, 0.1) is 11.4 Å². The van der Waals surface area contributed by atoms with Crippen LogP contribution < -0.4 is 9.64 Å². The molecule has 1 aromatic rings. The highest BCUT2D eigenvalue weighted by Crippen LogP contribution is 2.37. The second-order valence-electron chi connectivity index (χ2n) is 10.9.